The zero-order chi connectivity index (χ0) is 13.6. The Kier molecular flexibility index (Phi) is 3.50. The first-order valence-corrected chi connectivity index (χ1v) is 7.64. The van der Waals surface area contributed by atoms with Crippen LogP contribution >= 0.6 is 39.1 Å². The lowest BCUT2D eigenvalue weighted by Crippen LogP contribution is -2.08. The highest BCUT2D eigenvalue weighted by Gasteiger charge is 2.22. The molecule has 0 amide bonds. The maximum atomic E-state index is 6.30. The van der Waals surface area contributed by atoms with Crippen LogP contribution in [0.1, 0.15) is 24.1 Å². The van der Waals surface area contributed by atoms with Crippen LogP contribution in [0.15, 0.2) is 16.6 Å². The summed E-state index contributed by atoms with van der Waals surface area (Å²) in [6.07, 6.45) is 4.24. The number of nitrogens with two attached hydrogens (primary N) is 1. The molecule has 100 valence electrons. The Hall–Kier alpha value is -0.710. The molecule has 0 atom stereocenters. The molecule has 3 rings (SSSR count). The minimum Gasteiger partial charge on any atom is -0.382 e. The fourth-order valence-corrected chi connectivity index (χ4v) is 3.92. The molecule has 19 heavy (non-hydrogen) atoms. The van der Waals surface area contributed by atoms with Gasteiger partial charge in [0.05, 0.1) is 10.0 Å². The van der Waals surface area contributed by atoms with E-state index in [-0.39, 0.29) is 0 Å². The third-order valence-corrected chi connectivity index (χ3v) is 4.44. The van der Waals surface area contributed by atoms with Crippen LogP contribution in [0.25, 0.3) is 5.69 Å². The van der Waals surface area contributed by atoms with E-state index >= 15 is 0 Å². The highest BCUT2D eigenvalue weighted by molar-refractivity contribution is 9.10. The molecule has 0 saturated heterocycles. The number of nitrogen functional groups attached to an aromatic ring is 1. The Bertz CT molecular complexity index is 629. The lowest BCUT2D eigenvalue weighted by Gasteiger charge is -2.15. The van der Waals surface area contributed by atoms with E-state index in [1.54, 1.807) is 4.68 Å². The average molecular weight is 361 g/mol. The third kappa shape index (κ3) is 2.26. The largest absolute Gasteiger partial charge is 0.382 e. The summed E-state index contributed by atoms with van der Waals surface area (Å²) in [6.45, 7) is 0. The van der Waals surface area contributed by atoms with Crippen LogP contribution in [0.2, 0.25) is 10.0 Å². The number of anilines is 1. The summed E-state index contributed by atoms with van der Waals surface area (Å²) in [6, 6.07) is 3.63. The number of benzene rings is 1. The SMILES string of the molecule is Nc1nn(-c2c(Cl)cc(Br)cc2Cl)c2c1CCCC2. The van der Waals surface area contributed by atoms with Gasteiger partial charge in [-0.25, -0.2) is 4.68 Å². The van der Waals surface area contributed by atoms with Crippen LogP contribution < -0.4 is 5.73 Å². The van der Waals surface area contributed by atoms with Gasteiger partial charge in [-0.3, -0.25) is 0 Å². The van der Waals surface area contributed by atoms with Gasteiger partial charge >= 0.3 is 0 Å². The molecule has 0 unspecified atom stereocenters. The van der Waals surface area contributed by atoms with Gasteiger partial charge < -0.3 is 5.73 Å². The Morgan fingerprint density at radius 1 is 1.16 bits per heavy atom. The molecule has 6 heteroatoms. The molecule has 0 saturated carbocycles. The van der Waals surface area contributed by atoms with E-state index in [2.05, 4.69) is 21.0 Å². The number of hydrogen-bond donors (Lipinski definition) is 1. The van der Waals surface area contributed by atoms with Crippen LogP contribution in [0.5, 0.6) is 0 Å². The average Bonchev–Trinajstić information content (AvgIpc) is 2.67. The summed E-state index contributed by atoms with van der Waals surface area (Å²) < 4.78 is 2.65. The Morgan fingerprint density at radius 3 is 2.47 bits per heavy atom. The molecule has 1 heterocycles. The minimum absolute atomic E-state index is 0.565. The maximum absolute atomic E-state index is 6.30. The van der Waals surface area contributed by atoms with E-state index in [4.69, 9.17) is 28.9 Å². The molecule has 0 radical (unpaired) electrons. The second kappa shape index (κ2) is 5.00. The van der Waals surface area contributed by atoms with E-state index in [0.29, 0.717) is 21.6 Å². The smallest absolute Gasteiger partial charge is 0.149 e. The first kappa shape index (κ1) is 13.3. The van der Waals surface area contributed by atoms with Gasteiger partial charge in [0.1, 0.15) is 11.5 Å². The van der Waals surface area contributed by atoms with Crippen molar-refractivity contribution in [2.45, 2.75) is 25.7 Å². The first-order valence-electron chi connectivity index (χ1n) is 6.09. The van der Waals surface area contributed by atoms with Crippen LogP contribution in [0, 0.1) is 0 Å². The number of fused-ring (bicyclic) bond motifs is 1. The van der Waals surface area contributed by atoms with Crippen molar-refractivity contribution in [2.75, 3.05) is 5.73 Å². The molecule has 0 spiro atoms. The van der Waals surface area contributed by atoms with Crippen LogP contribution in [0.4, 0.5) is 5.82 Å². The zero-order valence-corrected chi connectivity index (χ0v) is 13.2. The third-order valence-electron chi connectivity index (χ3n) is 3.40. The van der Waals surface area contributed by atoms with Crippen molar-refractivity contribution in [1.29, 1.82) is 0 Å². The minimum atomic E-state index is 0.565. The normalized spacial score (nSPS) is 14.5. The van der Waals surface area contributed by atoms with Crippen molar-refractivity contribution in [3.8, 4) is 5.69 Å². The van der Waals surface area contributed by atoms with Gasteiger partial charge in [0.25, 0.3) is 0 Å². The molecule has 0 bridgehead atoms. The topological polar surface area (TPSA) is 43.8 Å². The highest BCUT2D eigenvalue weighted by atomic mass is 79.9. The maximum Gasteiger partial charge on any atom is 0.149 e. The van der Waals surface area contributed by atoms with Crippen LogP contribution in [-0.4, -0.2) is 9.78 Å². The molecule has 1 aliphatic carbocycles. The molecular formula is C13H12BrCl2N3. The first-order chi connectivity index (χ1) is 9.08. The predicted octanol–water partition coefficient (Wildman–Crippen LogP) is 4.40. The van der Waals surface area contributed by atoms with Gasteiger partial charge in [-0.15, -0.1) is 0 Å². The molecule has 1 aromatic carbocycles. The lowest BCUT2D eigenvalue weighted by molar-refractivity contribution is 0.653. The van der Waals surface area contributed by atoms with Crippen molar-refractivity contribution >= 4 is 44.9 Å². The molecule has 2 N–H and O–H groups in total. The Labute approximate surface area is 129 Å². The van der Waals surface area contributed by atoms with Crippen molar-refractivity contribution in [3.63, 3.8) is 0 Å². The molecule has 3 nitrogen and oxygen atoms in total. The standard InChI is InChI=1S/C13H12BrCl2N3/c14-7-5-9(15)12(10(16)6-7)19-11-4-2-1-3-8(11)13(17)18-19/h5-6H,1-4H2,(H2,17,18). The zero-order valence-electron chi connectivity index (χ0n) is 10.1. The Balaban J connectivity index is 2.23. The van der Waals surface area contributed by atoms with E-state index in [0.717, 1.165) is 41.4 Å². The van der Waals surface area contributed by atoms with Crippen LogP contribution in [0.3, 0.4) is 0 Å². The van der Waals surface area contributed by atoms with E-state index < -0.39 is 0 Å². The molecule has 1 aromatic heterocycles. The number of aromatic nitrogens is 2. The van der Waals surface area contributed by atoms with Crippen molar-refractivity contribution in [1.82, 2.24) is 9.78 Å². The molecular weight excluding hydrogens is 349 g/mol. The summed E-state index contributed by atoms with van der Waals surface area (Å²) >= 11 is 16.0. The summed E-state index contributed by atoms with van der Waals surface area (Å²) in [7, 11) is 0. The Morgan fingerprint density at radius 2 is 1.79 bits per heavy atom. The fourth-order valence-electron chi connectivity index (χ4n) is 2.55. The van der Waals surface area contributed by atoms with Gasteiger partial charge in [0, 0.05) is 15.7 Å². The summed E-state index contributed by atoms with van der Waals surface area (Å²) in [4.78, 5) is 0. The molecule has 0 aliphatic heterocycles. The molecule has 1 aliphatic rings. The van der Waals surface area contributed by atoms with E-state index in [1.165, 1.54) is 0 Å². The second-order valence-electron chi connectivity index (χ2n) is 4.65. The van der Waals surface area contributed by atoms with Crippen molar-refractivity contribution in [2.24, 2.45) is 0 Å². The number of halogens is 3. The highest BCUT2D eigenvalue weighted by Crippen LogP contribution is 2.36. The van der Waals surface area contributed by atoms with Gasteiger partial charge in [0.2, 0.25) is 0 Å². The summed E-state index contributed by atoms with van der Waals surface area (Å²) in [5, 5.41) is 5.55. The van der Waals surface area contributed by atoms with Gasteiger partial charge in [-0.05, 0) is 37.8 Å². The molecule has 0 fully saturated rings. The number of nitrogens with zero attached hydrogens (tertiary/aromatic N) is 2. The van der Waals surface area contributed by atoms with Gasteiger partial charge in [0.15, 0.2) is 0 Å². The van der Waals surface area contributed by atoms with E-state index in [1.807, 2.05) is 12.1 Å². The summed E-state index contributed by atoms with van der Waals surface area (Å²) in [5.41, 5.74) is 8.99. The number of hydrogen-bond acceptors (Lipinski definition) is 2. The summed E-state index contributed by atoms with van der Waals surface area (Å²) in [5.74, 6) is 0.588. The second-order valence-corrected chi connectivity index (χ2v) is 6.38. The lowest BCUT2D eigenvalue weighted by atomic mass is 9.97. The van der Waals surface area contributed by atoms with Gasteiger partial charge in [-0.1, -0.05) is 39.1 Å². The number of rotatable bonds is 1. The van der Waals surface area contributed by atoms with E-state index in [9.17, 15) is 0 Å². The molecule has 2 aromatic rings. The van der Waals surface area contributed by atoms with Crippen molar-refractivity contribution in [3.05, 3.63) is 37.9 Å². The predicted molar refractivity (Wildman–Crippen MR) is 82.3 cm³/mol. The van der Waals surface area contributed by atoms with Gasteiger partial charge in [-0.2, -0.15) is 5.10 Å². The van der Waals surface area contributed by atoms with Crippen LogP contribution in [-0.2, 0) is 12.8 Å². The fraction of sp³-hybridized carbons (Fsp3) is 0.308. The van der Waals surface area contributed by atoms with Crippen molar-refractivity contribution < 1.29 is 0 Å². The monoisotopic (exact) mass is 359 g/mol. The quantitative estimate of drug-likeness (QED) is 0.818.